The van der Waals surface area contributed by atoms with Gasteiger partial charge in [-0.2, -0.15) is 0 Å². The summed E-state index contributed by atoms with van der Waals surface area (Å²) in [6, 6.07) is 13.6. The SMILES string of the molecule is CCCCC1(CCCC)CS(=O)(=O)c2ccc(N(C)C)cc2[C@@H](c2cccc(OCC[N+](CC)(CC)CC)c2)[C@H]1O.[I-]. The van der Waals surface area contributed by atoms with Crippen LogP contribution in [0.4, 0.5) is 5.69 Å². The van der Waals surface area contributed by atoms with Gasteiger partial charge in [-0.25, -0.2) is 8.42 Å². The van der Waals surface area contributed by atoms with E-state index in [0.717, 1.165) is 73.3 Å². The number of ether oxygens (including phenoxy) is 1. The molecule has 0 radical (unpaired) electrons. The minimum Gasteiger partial charge on any atom is -1.00 e. The molecule has 0 aliphatic carbocycles. The molecule has 0 spiro atoms. The number of hydrogen-bond donors (Lipinski definition) is 1. The predicted molar refractivity (Wildman–Crippen MR) is 171 cm³/mol. The van der Waals surface area contributed by atoms with Crippen molar-refractivity contribution in [2.75, 3.05) is 57.5 Å². The number of hydrogen-bond acceptors (Lipinski definition) is 5. The molecule has 6 nitrogen and oxygen atoms in total. The Balaban J connectivity index is 0.00000616. The smallest absolute Gasteiger partial charge is 0.179 e. The van der Waals surface area contributed by atoms with E-state index in [2.05, 4.69) is 34.6 Å². The molecule has 0 saturated carbocycles. The van der Waals surface area contributed by atoms with Crippen LogP contribution >= 0.6 is 0 Å². The Hall–Kier alpha value is -1.36. The summed E-state index contributed by atoms with van der Waals surface area (Å²) in [6.07, 6.45) is 4.23. The molecule has 2 atom stereocenters. The molecule has 2 aromatic carbocycles. The van der Waals surface area contributed by atoms with Crippen LogP contribution in [0, 0.1) is 5.41 Å². The summed E-state index contributed by atoms with van der Waals surface area (Å²) in [7, 11) is 0.294. The zero-order valence-electron chi connectivity index (χ0n) is 27.0. The van der Waals surface area contributed by atoms with Crippen LogP contribution in [0.1, 0.15) is 90.2 Å². The molecule has 0 fully saturated rings. The molecule has 0 unspecified atom stereocenters. The number of nitrogens with zero attached hydrogens (tertiary/aromatic N) is 2. The molecule has 3 rings (SSSR count). The summed E-state index contributed by atoms with van der Waals surface area (Å²) in [5.41, 5.74) is 1.80. The van der Waals surface area contributed by atoms with Crippen molar-refractivity contribution >= 4 is 15.5 Å². The average Bonchev–Trinajstić information content (AvgIpc) is 3.03. The molecule has 8 heteroatoms. The van der Waals surface area contributed by atoms with Crippen molar-refractivity contribution in [1.82, 2.24) is 0 Å². The lowest BCUT2D eigenvalue weighted by atomic mass is 9.68. The highest BCUT2D eigenvalue weighted by Gasteiger charge is 2.49. The van der Waals surface area contributed by atoms with Gasteiger partial charge < -0.3 is 43.2 Å². The number of anilines is 1. The lowest BCUT2D eigenvalue weighted by Crippen LogP contribution is -3.00. The second kappa shape index (κ2) is 16.1. The molecular formula is C34H55IN2O4S. The molecular weight excluding hydrogens is 659 g/mol. The van der Waals surface area contributed by atoms with Gasteiger partial charge in [0.1, 0.15) is 18.9 Å². The highest BCUT2D eigenvalue weighted by atomic mass is 127. The number of fused-ring (bicyclic) bond motifs is 1. The van der Waals surface area contributed by atoms with Crippen LogP contribution in [0.25, 0.3) is 0 Å². The van der Waals surface area contributed by atoms with Gasteiger partial charge in [-0.05, 0) is 75.1 Å². The van der Waals surface area contributed by atoms with Crippen molar-refractivity contribution in [2.45, 2.75) is 90.1 Å². The molecule has 238 valence electrons. The lowest BCUT2D eigenvalue weighted by Gasteiger charge is -2.40. The number of aliphatic hydroxyl groups is 1. The van der Waals surface area contributed by atoms with Gasteiger partial charge >= 0.3 is 0 Å². The molecule has 1 heterocycles. The van der Waals surface area contributed by atoms with Gasteiger partial charge in [0.05, 0.1) is 36.4 Å². The van der Waals surface area contributed by atoms with Crippen molar-refractivity contribution in [3.8, 4) is 5.75 Å². The van der Waals surface area contributed by atoms with E-state index in [9.17, 15) is 13.5 Å². The molecule has 42 heavy (non-hydrogen) atoms. The number of benzene rings is 2. The van der Waals surface area contributed by atoms with E-state index < -0.39 is 27.3 Å². The topological polar surface area (TPSA) is 66.8 Å². The Labute approximate surface area is 273 Å². The van der Waals surface area contributed by atoms with Crippen molar-refractivity contribution < 1.29 is 46.7 Å². The third-order valence-corrected chi connectivity index (χ3v) is 11.7. The second-order valence-corrected chi connectivity index (χ2v) is 14.3. The molecule has 0 saturated heterocycles. The predicted octanol–water partition coefficient (Wildman–Crippen LogP) is 3.66. The lowest BCUT2D eigenvalue weighted by molar-refractivity contribution is -0.923. The van der Waals surface area contributed by atoms with E-state index in [4.69, 9.17) is 4.74 Å². The first-order valence-electron chi connectivity index (χ1n) is 15.8. The molecule has 0 bridgehead atoms. The monoisotopic (exact) mass is 714 g/mol. The van der Waals surface area contributed by atoms with Crippen LogP contribution in [0.15, 0.2) is 47.4 Å². The highest BCUT2D eigenvalue weighted by molar-refractivity contribution is 7.91. The van der Waals surface area contributed by atoms with Gasteiger partial charge in [-0.1, -0.05) is 51.7 Å². The molecule has 1 N–H and O–H groups in total. The van der Waals surface area contributed by atoms with Crippen LogP contribution in [-0.2, 0) is 9.84 Å². The summed E-state index contributed by atoms with van der Waals surface area (Å²) < 4.78 is 35.5. The van der Waals surface area contributed by atoms with Crippen LogP contribution < -0.4 is 33.6 Å². The minimum atomic E-state index is -3.62. The highest BCUT2D eigenvalue weighted by Crippen LogP contribution is 2.50. The first-order chi connectivity index (χ1) is 19.5. The van der Waals surface area contributed by atoms with Gasteiger partial charge in [0.25, 0.3) is 0 Å². The van der Waals surface area contributed by atoms with Crippen molar-refractivity contribution in [3.63, 3.8) is 0 Å². The van der Waals surface area contributed by atoms with Crippen LogP contribution in [-0.4, -0.2) is 76.7 Å². The number of aliphatic hydroxyl groups excluding tert-OH is 1. The zero-order chi connectivity index (χ0) is 30.3. The molecule has 2 aromatic rings. The number of rotatable bonds is 15. The number of halogens is 1. The minimum absolute atomic E-state index is 0. The van der Waals surface area contributed by atoms with Gasteiger partial charge in [0.2, 0.25) is 0 Å². The Morgan fingerprint density at radius 1 is 0.952 bits per heavy atom. The van der Waals surface area contributed by atoms with E-state index in [1.807, 2.05) is 55.4 Å². The maximum absolute atomic E-state index is 14.1. The summed E-state index contributed by atoms with van der Waals surface area (Å²) in [4.78, 5) is 2.34. The Morgan fingerprint density at radius 2 is 1.57 bits per heavy atom. The van der Waals surface area contributed by atoms with E-state index >= 15 is 0 Å². The summed E-state index contributed by atoms with van der Waals surface area (Å²) in [5.74, 6) is 0.269. The normalized spacial score (nSPS) is 19.3. The Morgan fingerprint density at radius 3 is 2.12 bits per heavy atom. The van der Waals surface area contributed by atoms with Gasteiger partial charge in [-0.15, -0.1) is 0 Å². The van der Waals surface area contributed by atoms with Crippen LogP contribution in [0.2, 0.25) is 0 Å². The third-order valence-electron chi connectivity index (χ3n) is 9.72. The second-order valence-electron chi connectivity index (χ2n) is 12.3. The fourth-order valence-corrected chi connectivity index (χ4v) is 8.88. The molecule has 0 aromatic heterocycles. The maximum Gasteiger partial charge on any atom is 0.179 e. The van der Waals surface area contributed by atoms with Gasteiger partial charge in [-0.3, -0.25) is 0 Å². The van der Waals surface area contributed by atoms with E-state index in [0.29, 0.717) is 29.9 Å². The van der Waals surface area contributed by atoms with E-state index in [1.165, 1.54) is 0 Å². The fraction of sp³-hybridized carbons (Fsp3) is 0.647. The standard InChI is InChI=1S/C34H55N2O4S.HI/c1-8-13-20-34(21-14-9-2)26-41(38,39)31-19-18-28(35(6)7)25-30(31)32(33(34)37)27-16-15-17-29(24-27)40-23-22-36(10-3,11-4)12-5;/h15-19,24-25,32-33,37H,8-14,20-23,26H2,1-7H3;1H/q+1;/p-1/t32-,33-;/m1./s1. The van der Waals surface area contributed by atoms with Crippen molar-refractivity contribution in [1.29, 1.82) is 0 Å². The first kappa shape index (κ1) is 36.8. The average molecular weight is 715 g/mol. The third kappa shape index (κ3) is 8.21. The first-order valence-corrected chi connectivity index (χ1v) is 17.5. The van der Waals surface area contributed by atoms with Crippen molar-refractivity contribution in [2.24, 2.45) is 5.41 Å². The quantitative estimate of drug-likeness (QED) is 0.226. The summed E-state index contributed by atoms with van der Waals surface area (Å²) >= 11 is 0. The van der Waals surface area contributed by atoms with Crippen molar-refractivity contribution in [3.05, 3.63) is 53.6 Å². The fourth-order valence-electron chi connectivity index (χ4n) is 6.69. The number of likely N-dealkylation sites (N-methyl/N-ethyl adjacent to an activating group) is 1. The zero-order valence-corrected chi connectivity index (χ0v) is 30.0. The van der Waals surface area contributed by atoms with E-state index in [-0.39, 0.29) is 29.7 Å². The summed E-state index contributed by atoms with van der Waals surface area (Å²) in [6.45, 7) is 15.7. The van der Waals surface area contributed by atoms with Gasteiger partial charge in [0.15, 0.2) is 9.84 Å². The molecule has 1 aliphatic heterocycles. The Kier molecular flexibility index (Phi) is 14.1. The van der Waals surface area contributed by atoms with Crippen LogP contribution in [0.5, 0.6) is 5.75 Å². The number of unbranched alkanes of at least 4 members (excludes halogenated alkanes) is 2. The number of sulfone groups is 1. The van der Waals surface area contributed by atoms with Crippen LogP contribution in [0.3, 0.4) is 0 Å². The molecule has 0 amide bonds. The Bertz CT molecular complexity index is 1210. The van der Waals surface area contributed by atoms with Gasteiger partial charge in [0, 0.05) is 31.1 Å². The largest absolute Gasteiger partial charge is 1.00 e. The number of quaternary nitrogens is 1. The maximum atomic E-state index is 14.1. The summed E-state index contributed by atoms with van der Waals surface area (Å²) in [5, 5.41) is 12.4. The van der Waals surface area contributed by atoms with E-state index in [1.54, 1.807) is 6.07 Å². The molecule has 1 aliphatic rings.